The maximum Gasteiger partial charge on any atom is 0.335 e. The fourth-order valence-corrected chi connectivity index (χ4v) is 12.9. The summed E-state index contributed by atoms with van der Waals surface area (Å²) in [5.74, 6) is -0.749. The minimum Gasteiger partial charge on any atom is -0.496 e. The molecule has 27 heteroatoms. The molecule has 594 valence electrons. The Kier molecular flexibility index (Phi) is 30.9. The number of amides is 3. The molecule has 1 aliphatic heterocycles. The Hall–Kier alpha value is -9.95. The second-order valence-electron chi connectivity index (χ2n) is 29.9. The number of nitrogens with zero attached hydrogens (tertiary/aromatic N) is 5. The standard InChI is InChI=1S/C28H31ClN4O4.C26H30ClN3O5.C17H23ClO5.C13H17NO2/c1-6-24-31-26-20(14-18(29)15-22(26)37-24)21(34)12-13-28(3,4)16-23(35)30-25-17(2)32(5)33(27(25)36)19-10-8-7-9-11-19;1-16-22(25(34)30(29(16)4)18-9-7-6-8-10-18)28-24(33)23(32)26(2,3)14-13-20(31)19-15-17(27)11-12-21(19)35-5;1-5-23-16(21)15(20)17(2,3)9-8-13(19)12-10-11(18)6-7-14(12)22-4;1-13(2)9-14-12(15)11(13)16-8-10-6-4-3-5-7-10/h7-11,14-15H,6,12-13,16H2,1-5H3,(H,30,35);6-12,15,23,32H,13-14H2,1-5H3,(H,28,33);6-7,10,15,20H,5,8-9H2,1-4H3;3-7,11H,8-9H2,1-2H3,(H,14,15). The maximum absolute atomic E-state index is 13.1. The Bertz CT molecular complexity index is 4900. The van der Waals surface area contributed by atoms with Gasteiger partial charge in [-0.15, -0.1) is 0 Å². The second kappa shape index (κ2) is 38.8. The van der Waals surface area contributed by atoms with Crippen molar-refractivity contribution >= 4 is 98.3 Å². The lowest BCUT2D eigenvalue weighted by atomic mass is 9.80. The Balaban J connectivity index is 0.000000215. The summed E-state index contributed by atoms with van der Waals surface area (Å²) in [6.07, 6.45) is -0.875. The molecule has 111 heavy (non-hydrogen) atoms. The third-order valence-electron chi connectivity index (χ3n) is 19.5. The van der Waals surface area contributed by atoms with E-state index in [1.165, 1.54) is 29.6 Å². The van der Waals surface area contributed by atoms with Gasteiger partial charge in [-0.25, -0.2) is 19.1 Å². The molecule has 0 bridgehead atoms. The average molecular weight is 1590 g/mol. The van der Waals surface area contributed by atoms with E-state index in [0.29, 0.717) is 115 Å². The van der Waals surface area contributed by atoms with Crippen molar-refractivity contribution < 1.29 is 67.1 Å². The summed E-state index contributed by atoms with van der Waals surface area (Å²) in [7, 11) is 6.44. The zero-order chi connectivity index (χ0) is 82.0. The number of fused-ring (bicyclic) bond motifs is 1. The van der Waals surface area contributed by atoms with E-state index in [9.17, 15) is 53.4 Å². The number of halogens is 3. The molecule has 0 spiro atoms. The van der Waals surface area contributed by atoms with Gasteiger partial charge in [-0.3, -0.25) is 47.7 Å². The number of Topliss-reactive ketones (excluding diaryl/α,β-unsaturated/α-hetero) is 3. The fraction of sp³-hybridized carbons (Fsp3) is 0.405. The zero-order valence-corrected chi connectivity index (χ0v) is 68.0. The highest BCUT2D eigenvalue weighted by molar-refractivity contribution is 6.32. The van der Waals surface area contributed by atoms with Crippen LogP contribution in [0.1, 0.15) is 168 Å². The Morgan fingerprint density at radius 3 is 1.53 bits per heavy atom. The number of para-hydroxylation sites is 2. The first-order valence-electron chi connectivity index (χ1n) is 36.4. The van der Waals surface area contributed by atoms with Crippen molar-refractivity contribution in [3.05, 3.63) is 215 Å². The van der Waals surface area contributed by atoms with Gasteiger partial charge in [0, 0.05) is 95.7 Å². The number of benzene rings is 6. The van der Waals surface area contributed by atoms with Crippen LogP contribution >= 0.6 is 34.8 Å². The van der Waals surface area contributed by atoms with Gasteiger partial charge in [0.1, 0.15) is 40.6 Å². The van der Waals surface area contributed by atoms with E-state index in [4.69, 9.17) is 58.2 Å². The molecule has 6 aromatic carbocycles. The highest BCUT2D eigenvalue weighted by Crippen LogP contribution is 2.36. The molecule has 3 unspecified atom stereocenters. The first-order chi connectivity index (χ1) is 52.3. The topological polar surface area (TPSA) is 313 Å². The lowest BCUT2D eigenvalue weighted by molar-refractivity contribution is -0.159. The number of oxazole rings is 1. The van der Waals surface area contributed by atoms with Crippen molar-refractivity contribution in [2.24, 2.45) is 35.8 Å². The molecule has 5 N–H and O–H groups in total. The number of rotatable bonds is 29. The number of hydrogen-bond acceptors (Lipinski definition) is 17. The van der Waals surface area contributed by atoms with Gasteiger partial charge in [-0.2, -0.15) is 0 Å². The monoisotopic (exact) mass is 1580 g/mol. The van der Waals surface area contributed by atoms with Gasteiger partial charge < -0.3 is 49.5 Å². The molecule has 3 amide bonds. The highest BCUT2D eigenvalue weighted by atomic mass is 35.5. The van der Waals surface area contributed by atoms with Crippen molar-refractivity contribution in [1.82, 2.24) is 29.0 Å². The predicted molar refractivity (Wildman–Crippen MR) is 430 cm³/mol. The van der Waals surface area contributed by atoms with Crippen LogP contribution in [0.2, 0.25) is 15.1 Å². The number of aliphatic hydroxyl groups excluding tert-OH is 2. The normalized spacial score (nSPS) is 13.7. The van der Waals surface area contributed by atoms with Crippen LogP contribution in [-0.2, 0) is 55.8 Å². The number of esters is 1. The summed E-state index contributed by atoms with van der Waals surface area (Å²) >= 11 is 18.2. The number of anilines is 2. The summed E-state index contributed by atoms with van der Waals surface area (Å²) in [6, 6.07) is 41.1. The van der Waals surface area contributed by atoms with Crippen molar-refractivity contribution in [1.29, 1.82) is 0 Å². The van der Waals surface area contributed by atoms with Gasteiger partial charge in [-0.1, -0.05) is 164 Å². The third-order valence-corrected chi connectivity index (χ3v) is 20.2. The van der Waals surface area contributed by atoms with Gasteiger partial charge in [0.15, 0.2) is 34.9 Å². The lowest BCUT2D eigenvalue weighted by Gasteiger charge is -2.29. The van der Waals surface area contributed by atoms with Crippen LogP contribution in [0.4, 0.5) is 11.4 Å². The number of carbonyl (C=O) groups excluding carboxylic acids is 7. The summed E-state index contributed by atoms with van der Waals surface area (Å²) in [4.78, 5) is 118. The molecular weight excluding hydrogens is 1480 g/mol. The van der Waals surface area contributed by atoms with E-state index in [-0.39, 0.29) is 96.3 Å². The minimum atomic E-state index is -1.46. The fourth-order valence-electron chi connectivity index (χ4n) is 12.3. The highest BCUT2D eigenvalue weighted by Gasteiger charge is 2.42. The van der Waals surface area contributed by atoms with Gasteiger partial charge in [-0.05, 0) is 118 Å². The van der Waals surface area contributed by atoms with Crippen molar-refractivity contribution in [2.75, 3.05) is 38.0 Å². The third kappa shape index (κ3) is 22.9. The summed E-state index contributed by atoms with van der Waals surface area (Å²) < 4.78 is 32.9. The molecule has 9 aromatic rings. The molecule has 0 saturated carbocycles. The first kappa shape index (κ1) is 88.3. The zero-order valence-electron chi connectivity index (χ0n) is 65.8. The number of carbonyl (C=O) groups is 7. The van der Waals surface area contributed by atoms with E-state index in [1.54, 1.807) is 127 Å². The van der Waals surface area contributed by atoms with Gasteiger partial charge >= 0.3 is 5.97 Å². The molecule has 1 saturated heterocycles. The molecule has 0 radical (unpaired) electrons. The van der Waals surface area contributed by atoms with Crippen LogP contribution in [0.3, 0.4) is 0 Å². The molecule has 10 rings (SSSR count). The first-order valence-corrected chi connectivity index (χ1v) is 37.5. The molecule has 3 atom stereocenters. The number of ketones is 3. The molecule has 1 fully saturated rings. The van der Waals surface area contributed by atoms with Crippen LogP contribution in [0.15, 0.2) is 154 Å². The SMILES string of the molecule is CC1(C)CNC(=O)C1OCc1ccccc1.CCOC(=O)C(O)C(C)(C)CCC(=O)c1cc(Cl)ccc1OC.CCc1nc2c(C(=O)CCC(C)(C)CC(=O)Nc3c(C)n(C)n(-c4ccccc4)c3=O)cc(Cl)cc2o1.COc1ccc(Cl)cc1C(=O)CCC(C)(C)C(O)C(=O)Nc1c(C)n(C)n(-c2ccccc2)c1=O. The molecular formula is C84H101Cl3N8O16. The number of aryl methyl sites for hydroxylation is 1. The largest absolute Gasteiger partial charge is 0.496 e. The van der Waals surface area contributed by atoms with E-state index in [0.717, 1.165) is 5.56 Å². The van der Waals surface area contributed by atoms with Crippen LogP contribution in [-0.4, -0.2) is 121 Å². The van der Waals surface area contributed by atoms with Crippen LogP contribution in [0, 0.1) is 35.5 Å². The summed E-state index contributed by atoms with van der Waals surface area (Å²) in [6.45, 7) is 23.2. The second-order valence-corrected chi connectivity index (χ2v) is 31.2. The van der Waals surface area contributed by atoms with Gasteiger partial charge in [0.2, 0.25) is 11.8 Å². The molecule has 0 aliphatic carbocycles. The summed E-state index contributed by atoms with van der Waals surface area (Å²) in [5.41, 5.74) is 3.12. The van der Waals surface area contributed by atoms with E-state index in [2.05, 4.69) is 20.9 Å². The number of ether oxygens (including phenoxy) is 4. The van der Waals surface area contributed by atoms with Gasteiger partial charge in [0.25, 0.3) is 17.0 Å². The number of methoxy groups -OCH3 is 2. The molecule has 1 aliphatic rings. The Labute approximate surface area is 661 Å². The molecule has 24 nitrogen and oxygen atoms in total. The van der Waals surface area contributed by atoms with Crippen LogP contribution in [0.25, 0.3) is 22.5 Å². The molecule has 3 aromatic heterocycles. The van der Waals surface area contributed by atoms with Crippen LogP contribution < -0.4 is 36.5 Å². The maximum atomic E-state index is 13.1. The lowest BCUT2D eigenvalue weighted by Crippen LogP contribution is -2.41. The van der Waals surface area contributed by atoms with Crippen LogP contribution in [0.5, 0.6) is 11.5 Å². The van der Waals surface area contributed by atoms with Crippen molar-refractivity contribution in [3.8, 4) is 22.9 Å². The number of nitrogens with one attached hydrogen (secondary N) is 3. The average Bonchev–Trinajstić information content (AvgIpc) is 1.65. The number of hydrogen-bond donors (Lipinski definition) is 5. The Morgan fingerprint density at radius 2 is 1.07 bits per heavy atom. The van der Waals surface area contributed by atoms with Crippen molar-refractivity contribution in [3.63, 3.8) is 0 Å². The Morgan fingerprint density at radius 1 is 0.622 bits per heavy atom. The van der Waals surface area contributed by atoms with E-state index >= 15 is 0 Å². The van der Waals surface area contributed by atoms with Crippen molar-refractivity contribution in [2.45, 2.75) is 159 Å². The number of aliphatic hydroxyl groups is 2. The minimum absolute atomic E-state index is 0.000862. The van der Waals surface area contributed by atoms with E-state index < -0.39 is 45.9 Å². The predicted octanol–water partition coefficient (Wildman–Crippen LogP) is 15.0. The smallest absolute Gasteiger partial charge is 0.335 e. The summed E-state index contributed by atoms with van der Waals surface area (Å²) in [5, 5.41) is 30.4. The van der Waals surface area contributed by atoms with E-state index in [1.807, 2.05) is 113 Å². The molecule has 4 heterocycles. The number of aromatic nitrogens is 5. The van der Waals surface area contributed by atoms with Gasteiger partial charge in [0.05, 0.1) is 61.3 Å². The quantitative estimate of drug-likeness (QED) is 0.0215.